The van der Waals surface area contributed by atoms with Gasteiger partial charge in [0.15, 0.2) is 0 Å². The van der Waals surface area contributed by atoms with E-state index in [0.29, 0.717) is 6.04 Å². The van der Waals surface area contributed by atoms with Crippen molar-refractivity contribution in [2.45, 2.75) is 38.1 Å². The van der Waals surface area contributed by atoms with Crippen LogP contribution in [0.4, 0.5) is 0 Å². The first-order valence-electron chi connectivity index (χ1n) is 7.74. The quantitative estimate of drug-likeness (QED) is 0.893. The van der Waals surface area contributed by atoms with Gasteiger partial charge in [-0.2, -0.15) is 0 Å². The van der Waals surface area contributed by atoms with E-state index in [1.54, 1.807) is 11.1 Å². The summed E-state index contributed by atoms with van der Waals surface area (Å²) in [5.74, 6) is 1.62. The lowest BCUT2D eigenvalue weighted by Crippen LogP contribution is -2.43. The Morgan fingerprint density at radius 2 is 2.00 bits per heavy atom. The van der Waals surface area contributed by atoms with Gasteiger partial charge in [0.25, 0.3) is 0 Å². The van der Waals surface area contributed by atoms with Crippen LogP contribution in [0.2, 0.25) is 0 Å². The highest BCUT2D eigenvalue weighted by atomic mass is 15.1. The minimum atomic E-state index is 0.668. The number of hydrogen-bond donors (Lipinski definition) is 1. The summed E-state index contributed by atoms with van der Waals surface area (Å²) in [5.41, 5.74) is 3.13. The SMILES string of the molecule is CC(NCC1Cc2ccccc21)C1CCN(C)CC1. The fourth-order valence-electron chi connectivity index (χ4n) is 3.57. The minimum Gasteiger partial charge on any atom is -0.313 e. The van der Waals surface area contributed by atoms with Crippen molar-refractivity contribution >= 4 is 0 Å². The number of fused-ring (bicyclic) bond motifs is 1. The Labute approximate surface area is 117 Å². The predicted molar refractivity (Wildman–Crippen MR) is 80.6 cm³/mol. The van der Waals surface area contributed by atoms with Crippen LogP contribution in [0.25, 0.3) is 0 Å². The lowest BCUT2D eigenvalue weighted by Gasteiger charge is -2.36. The number of rotatable bonds is 4. The van der Waals surface area contributed by atoms with Gasteiger partial charge in [0.1, 0.15) is 0 Å². The van der Waals surface area contributed by atoms with E-state index in [-0.39, 0.29) is 0 Å². The molecule has 1 aliphatic carbocycles. The minimum absolute atomic E-state index is 0.668. The highest BCUT2D eigenvalue weighted by Crippen LogP contribution is 2.34. The van der Waals surface area contributed by atoms with Gasteiger partial charge in [-0.1, -0.05) is 24.3 Å². The first-order chi connectivity index (χ1) is 9.24. The molecule has 2 aliphatic rings. The van der Waals surface area contributed by atoms with Gasteiger partial charge in [0, 0.05) is 18.5 Å². The van der Waals surface area contributed by atoms with Gasteiger partial charge in [-0.15, -0.1) is 0 Å². The summed E-state index contributed by atoms with van der Waals surface area (Å²) in [7, 11) is 2.24. The molecule has 1 saturated heterocycles. The lowest BCUT2D eigenvalue weighted by atomic mass is 9.77. The van der Waals surface area contributed by atoms with Gasteiger partial charge in [-0.3, -0.25) is 0 Å². The molecule has 2 atom stereocenters. The van der Waals surface area contributed by atoms with Crippen molar-refractivity contribution in [2.75, 3.05) is 26.7 Å². The number of nitrogens with one attached hydrogen (secondary N) is 1. The van der Waals surface area contributed by atoms with Crippen LogP contribution in [-0.4, -0.2) is 37.6 Å². The Bertz CT molecular complexity index is 421. The fraction of sp³-hybridized carbons (Fsp3) is 0.647. The Morgan fingerprint density at radius 3 is 2.74 bits per heavy atom. The van der Waals surface area contributed by atoms with E-state index in [2.05, 4.69) is 48.5 Å². The third-order valence-electron chi connectivity index (χ3n) is 5.12. The highest BCUT2D eigenvalue weighted by molar-refractivity contribution is 5.40. The van der Waals surface area contributed by atoms with Crippen molar-refractivity contribution in [3.8, 4) is 0 Å². The molecule has 0 radical (unpaired) electrons. The third kappa shape index (κ3) is 2.85. The summed E-state index contributed by atoms with van der Waals surface area (Å²) in [4.78, 5) is 2.45. The van der Waals surface area contributed by atoms with E-state index in [9.17, 15) is 0 Å². The van der Waals surface area contributed by atoms with Crippen molar-refractivity contribution in [1.29, 1.82) is 0 Å². The first-order valence-corrected chi connectivity index (χ1v) is 7.74. The summed E-state index contributed by atoms with van der Waals surface area (Å²) >= 11 is 0. The van der Waals surface area contributed by atoms with Crippen LogP contribution in [0.15, 0.2) is 24.3 Å². The van der Waals surface area contributed by atoms with Crippen LogP contribution in [0, 0.1) is 5.92 Å². The molecule has 0 amide bonds. The second-order valence-corrected chi connectivity index (χ2v) is 6.44. The Morgan fingerprint density at radius 1 is 1.26 bits per heavy atom. The maximum absolute atomic E-state index is 3.79. The van der Waals surface area contributed by atoms with E-state index in [0.717, 1.165) is 18.4 Å². The molecule has 0 saturated carbocycles. The van der Waals surface area contributed by atoms with Crippen molar-refractivity contribution < 1.29 is 0 Å². The standard InChI is InChI=1S/C17H26N2/c1-13(14-7-9-19(2)10-8-14)18-12-16-11-15-5-3-4-6-17(15)16/h3-6,13-14,16,18H,7-12H2,1-2H3. The molecule has 1 aliphatic heterocycles. The van der Waals surface area contributed by atoms with Gasteiger partial charge >= 0.3 is 0 Å². The average Bonchev–Trinajstić information content (AvgIpc) is 2.40. The molecule has 2 unspecified atom stereocenters. The van der Waals surface area contributed by atoms with E-state index in [4.69, 9.17) is 0 Å². The van der Waals surface area contributed by atoms with Crippen LogP contribution in [0.3, 0.4) is 0 Å². The number of piperidine rings is 1. The summed E-state index contributed by atoms with van der Waals surface area (Å²) in [6.45, 7) is 6.07. The average molecular weight is 258 g/mol. The predicted octanol–water partition coefficient (Wildman–Crippen LogP) is 2.65. The van der Waals surface area contributed by atoms with E-state index in [1.165, 1.54) is 32.4 Å². The van der Waals surface area contributed by atoms with Crippen molar-refractivity contribution in [3.05, 3.63) is 35.4 Å². The van der Waals surface area contributed by atoms with Crippen molar-refractivity contribution in [1.82, 2.24) is 10.2 Å². The van der Waals surface area contributed by atoms with Gasteiger partial charge in [0.2, 0.25) is 0 Å². The number of benzene rings is 1. The Balaban J connectivity index is 1.46. The van der Waals surface area contributed by atoms with Crippen LogP contribution >= 0.6 is 0 Å². The van der Waals surface area contributed by atoms with Crippen LogP contribution < -0.4 is 5.32 Å². The zero-order chi connectivity index (χ0) is 13.2. The Hall–Kier alpha value is -0.860. The zero-order valence-corrected chi connectivity index (χ0v) is 12.2. The van der Waals surface area contributed by atoms with Gasteiger partial charge in [-0.05, 0) is 63.4 Å². The monoisotopic (exact) mass is 258 g/mol. The summed E-state index contributed by atoms with van der Waals surface area (Å²) < 4.78 is 0. The molecule has 2 heteroatoms. The molecule has 0 bridgehead atoms. The Kier molecular flexibility index (Phi) is 3.90. The second kappa shape index (κ2) is 5.64. The smallest absolute Gasteiger partial charge is 0.00681 e. The van der Waals surface area contributed by atoms with E-state index < -0.39 is 0 Å². The summed E-state index contributed by atoms with van der Waals surface area (Å²) in [5, 5.41) is 3.79. The molecule has 1 N–H and O–H groups in total. The molecule has 1 aromatic rings. The molecular formula is C17H26N2. The van der Waals surface area contributed by atoms with E-state index >= 15 is 0 Å². The lowest BCUT2D eigenvalue weighted by molar-refractivity contribution is 0.188. The summed E-state index contributed by atoms with van der Waals surface area (Å²) in [6, 6.07) is 9.56. The number of nitrogens with zero attached hydrogens (tertiary/aromatic N) is 1. The molecule has 3 rings (SSSR count). The van der Waals surface area contributed by atoms with Gasteiger partial charge in [-0.25, -0.2) is 0 Å². The molecule has 1 fully saturated rings. The number of likely N-dealkylation sites (tertiary alicyclic amines) is 1. The fourth-order valence-corrected chi connectivity index (χ4v) is 3.57. The molecule has 2 nitrogen and oxygen atoms in total. The normalized spacial score (nSPS) is 25.7. The van der Waals surface area contributed by atoms with Crippen molar-refractivity contribution in [3.63, 3.8) is 0 Å². The van der Waals surface area contributed by atoms with Crippen LogP contribution in [-0.2, 0) is 6.42 Å². The van der Waals surface area contributed by atoms with Crippen LogP contribution in [0.5, 0.6) is 0 Å². The molecular weight excluding hydrogens is 232 g/mol. The van der Waals surface area contributed by atoms with Crippen molar-refractivity contribution in [2.24, 2.45) is 5.92 Å². The number of hydrogen-bond acceptors (Lipinski definition) is 2. The highest BCUT2D eigenvalue weighted by Gasteiger charge is 2.27. The maximum Gasteiger partial charge on any atom is 0.00681 e. The molecule has 1 heterocycles. The zero-order valence-electron chi connectivity index (χ0n) is 12.2. The molecule has 0 spiro atoms. The third-order valence-corrected chi connectivity index (χ3v) is 5.12. The molecule has 104 valence electrons. The van der Waals surface area contributed by atoms with Gasteiger partial charge in [0.05, 0.1) is 0 Å². The summed E-state index contributed by atoms with van der Waals surface area (Å²) in [6.07, 6.45) is 3.97. The van der Waals surface area contributed by atoms with Gasteiger partial charge < -0.3 is 10.2 Å². The molecule has 0 aromatic heterocycles. The van der Waals surface area contributed by atoms with E-state index in [1.807, 2.05) is 0 Å². The topological polar surface area (TPSA) is 15.3 Å². The van der Waals surface area contributed by atoms with Crippen LogP contribution in [0.1, 0.15) is 36.8 Å². The molecule has 19 heavy (non-hydrogen) atoms. The maximum atomic E-state index is 3.79. The largest absolute Gasteiger partial charge is 0.313 e. The first kappa shape index (κ1) is 13.1. The molecule has 1 aromatic carbocycles. The second-order valence-electron chi connectivity index (χ2n) is 6.44.